The zero-order chi connectivity index (χ0) is 21.9. The summed E-state index contributed by atoms with van der Waals surface area (Å²) in [6.45, 7) is 4.75. The van der Waals surface area contributed by atoms with E-state index in [1.54, 1.807) is 31.2 Å². The van der Waals surface area contributed by atoms with Crippen molar-refractivity contribution in [1.82, 2.24) is 0 Å². The van der Waals surface area contributed by atoms with E-state index in [0.717, 1.165) is 11.1 Å². The van der Waals surface area contributed by atoms with Crippen LogP contribution < -0.4 is 0 Å². The molecule has 2 aromatic rings. The van der Waals surface area contributed by atoms with Gasteiger partial charge in [-0.2, -0.15) is 16.8 Å². The third kappa shape index (κ3) is 5.45. The number of aryl methyl sites for hydroxylation is 2. The molecule has 30 heavy (non-hydrogen) atoms. The van der Waals surface area contributed by atoms with Crippen LogP contribution in [0.25, 0.3) is 0 Å². The van der Waals surface area contributed by atoms with Gasteiger partial charge in [0.15, 0.2) is 0 Å². The van der Waals surface area contributed by atoms with E-state index in [-0.39, 0.29) is 16.6 Å². The molecule has 0 bridgehead atoms. The van der Waals surface area contributed by atoms with Crippen molar-refractivity contribution in [2.75, 3.05) is 13.4 Å². The summed E-state index contributed by atoms with van der Waals surface area (Å²) in [7, 11) is -8.16. The predicted molar refractivity (Wildman–Crippen MR) is 108 cm³/mol. The summed E-state index contributed by atoms with van der Waals surface area (Å²) in [5.74, 6) is 0. The van der Waals surface area contributed by atoms with Crippen LogP contribution in [0.4, 0.5) is 0 Å². The molecule has 3 unspecified atom stereocenters. The van der Waals surface area contributed by atoms with Gasteiger partial charge >= 0.3 is 0 Å². The molecule has 0 radical (unpaired) electrons. The monoisotopic (exact) mass is 456 g/mol. The first-order valence-electron chi connectivity index (χ1n) is 9.28. The first kappa shape index (κ1) is 22.9. The number of ether oxygens (including phenoxy) is 2. The van der Waals surface area contributed by atoms with Crippen molar-refractivity contribution in [3.63, 3.8) is 0 Å². The molecule has 1 aliphatic rings. The summed E-state index contributed by atoms with van der Waals surface area (Å²) in [5.41, 5.74) is 1.81. The van der Waals surface area contributed by atoms with E-state index in [1.807, 2.05) is 13.8 Å². The zero-order valence-electron chi connectivity index (χ0n) is 16.8. The molecule has 1 heterocycles. The fourth-order valence-corrected chi connectivity index (χ4v) is 4.92. The highest BCUT2D eigenvalue weighted by Gasteiger charge is 2.39. The van der Waals surface area contributed by atoms with E-state index in [9.17, 15) is 16.8 Å². The first-order valence-corrected chi connectivity index (χ1v) is 12.1. The second-order valence-corrected chi connectivity index (χ2v) is 10.3. The fraction of sp³-hybridized carbons (Fsp3) is 0.400. The van der Waals surface area contributed by atoms with Crippen LogP contribution in [0.3, 0.4) is 0 Å². The number of rotatable bonds is 7. The van der Waals surface area contributed by atoms with E-state index < -0.39 is 45.2 Å². The Morgan fingerprint density at radius 1 is 0.833 bits per heavy atom. The molecular formula is C20H24O8S2. The highest BCUT2D eigenvalue weighted by molar-refractivity contribution is 7.87. The molecule has 1 fully saturated rings. The van der Waals surface area contributed by atoms with Gasteiger partial charge < -0.3 is 9.47 Å². The molecule has 0 saturated carbocycles. The average molecular weight is 457 g/mol. The van der Waals surface area contributed by atoms with Crippen LogP contribution in [0, 0.1) is 13.8 Å². The van der Waals surface area contributed by atoms with Crippen LogP contribution >= 0.6 is 0 Å². The molecule has 0 aromatic heterocycles. The zero-order valence-corrected chi connectivity index (χ0v) is 18.5. The lowest BCUT2D eigenvalue weighted by Crippen LogP contribution is -2.49. The Morgan fingerprint density at radius 3 is 1.87 bits per heavy atom. The maximum Gasteiger partial charge on any atom is 0.297 e. The quantitative estimate of drug-likeness (QED) is 0.586. The smallest absolute Gasteiger partial charge is 0.297 e. The minimum absolute atomic E-state index is 0.00190. The average Bonchev–Trinajstić information content (AvgIpc) is 2.69. The second-order valence-electron chi connectivity index (χ2n) is 7.07. The van der Waals surface area contributed by atoms with Gasteiger partial charge in [0, 0.05) is 0 Å². The summed E-state index contributed by atoms with van der Waals surface area (Å²) in [5, 5.41) is 0. The third-order valence-corrected chi connectivity index (χ3v) is 7.31. The topological polar surface area (TPSA) is 105 Å². The van der Waals surface area contributed by atoms with Crippen LogP contribution in [0.2, 0.25) is 0 Å². The molecule has 0 amide bonds. The summed E-state index contributed by atoms with van der Waals surface area (Å²) >= 11 is 0. The molecule has 2 aromatic carbocycles. The Balaban J connectivity index is 1.74. The van der Waals surface area contributed by atoms with Crippen LogP contribution in [0.15, 0.2) is 58.3 Å². The minimum atomic E-state index is -4.12. The van der Waals surface area contributed by atoms with Gasteiger partial charge in [0.05, 0.1) is 22.5 Å². The standard InChI is InChI=1S/C20H24O8S2/c1-14-4-8-17(9-5-14)29(21,22)27-12-19-20(16(3)25-13-26-19)28-30(23,24)18-10-6-15(2)7-11-18/h4-11,16,19-20H,12-13H2,1-3H3. The molecule has 3 rings (SSSR count). The van der Waals surface area contributed by atoms with Crippen LogP contribution in [-0.2, 0) is 38.1 Å². The Morgan fingerprint density at radius 2 is 1.33 bits per heavy atom. The number of benzene rings is 2. The van der Waals surface area contributed by atoms with E-state index in [2.05, 4.69) is 0 Å². The molecule has 0 N–H and O–H groups in total. The largest absolute Gasteiger partial charge is 0.350 e. The van der Waals surface area contributed by atoms with Gasteiger partial charge in [0.1, 0.15) is 19.0 Å². The van der Waals surface area contributed by atoms with Crippen molar-refractivity contribution < 1.29 is 34.7 Å². The van der Waals surface area contributed by atoms with Gasteiger partial charge in [-0.3, -0.25) is 8.37 Å². The lowest BCUT2D eigenvalue weighted by molar-refractivity contribution is -0.222. The van der Waals surface area contributed by atoms with Crippen LogP contribution in [0.5, 0.6) is 0 Å². The summed E-state index contributed by atoms with van der Waals surface area (Å²) in [4.78, 5) is -0.0178. The summed E-state index contributed by atoms with van der Waals surface area (Å²) in [6.07, 6.45) is -2.71. The van der Waals surface area contributed by atoms with Gasteiger partial charge in [0.2, 0.25) is 0 Å². The van der Waals surface area contributed by atoms with Gasteiger partial charge in [-0.05, 0) is 45.0 Å². The maximum absolute atomic E-state index is 12.7. The van der Waals surface area contributed by atoms with E-state index in [4.69, 9.17) is 17.8 Å². The first-order chi connectivity index (χ1) is 14.1. The van der Waals surface area contributed by atoms with Gasteiger partial charge in [0.25, 0.3) is 20.2 Å². The van der Waals surface area contributed by atoms with E-state index >= 15 is 0 Å². The SMILES string of the molecule is Cc1ccc(S(=O)(=O)OCC2OCOC(C)C2OS(=O)(=O)c2ccc(C)cc2)cc1. The van der Waals surface area contributed by atoms with Gasteiger partial charge in [-0.15, -0.1) is 0 Å². The lowest BCUT2D eigenvalue weighted by Gasteiger charge is -2.35. The van der Waals surface area contributed by atoms with Crippen LogP contribution in [-0.4, -0.2) is 48.5 Å². The van der Waals surface area contributed by atoms with E-state index in [0.29, 0.717) is 0 Å². The maximum atomic E-state index is 12.7. The molecule has 0 aliphatic carbocycles. The molecule has 3 atom stereocenters. The van der Waals surface area contributed by atoms with Crippen molar-refractivity contribution in [2.24, 2.45) is 0 Å². The third-order valence-electron chi connectivity index (χ3n) is 4.69. The van der Waals surface area contributed by atoms with Crippen molar-refractivity contribution >= 4 is 20.2 Å². The summed E-state index contributed by atoms with van der Waals surface area (Å²) < 4.78 is 71.5. The molecule has 0 spiro atoms. The molecule has 1 aliphatic heterocycles. The predicted octanol–water partition coefficient (Wildman–Crippen LogP) is 2.54. The molecular weight excluding hydrogens is 432 g/mol. The Bertz CT molecular complexity index is 1060. The molecule has 10 heteroatoms. The summed E-state index contributed by atoms with van der Waals surface area (Å²) in [6, 6.07) is 12.4. The normalized spacial score (nSPS) is 22.7. The second kappa shape index (κ2) is 9.13. The molecule has 8 nitrogen and oxygen atoms in total. The Kier molecular flexibility index (Phi) is 6.95. The van der Waals surface area contributed by atoms with Crippen molar-refractivity contribution in [3.05, 3.63) is 59.7 Å². The minimum Gasteiger partial charge on any atom is -0.350 e. The van der Waals surface area contributed by atoms with Crippen molar-refractivity contribution in [3.8, 4) is 0 Å². The lowest BCUT2D eigenvalue weighted by atomic mass is 10.1. The van der Waals surface area contributed by atoms with Crippen molar-refractivity contribution in [1.29, 1.82) is 0 Å². The van der Waals surface area contributed by atoms with Gasteiger partial charge in [-0.1, -0.05) is 35.4 Å². The van der Waals surface area contributed by atoms with E-state index in [1.165, 1.54) is 24.3 Å². The Hall–Kier alpha value is -1.82. The fourth-order valence-electron chi connectivity index (χ4n) is 2.85. The highest BCUT2D eigenvalue weighted by atomic mass is 32.2. The molecule has 1 saturated heterocycles. The van der Waals surface area contributed by atoms with Gasteiger partial charge in [-0.25, -0.2) is 0 Å². The highest BCUT2D eigenvalue weighted by Crippen LogP contribution is 2.25. The number of hydrogen-bond donors (Lipinski definition) is 0. The molecule has 164 valence electrons. The van der Waals surface area contributed by atoms with Crippen molar-refractivity contribution in [2.45, 2.75) is 48.9 Å². The number of hydrogen-bond acceptors (Lipinski definition) is 8. The van der Waals surface area contributed by atoms with Crippen LogP contribution in [0.1, 0.15) is 18.1 Å². The Labute approximate surface area is 177 Å².